The van der Waals surface area contributed by atoms with Crippen molar-refractivity contribution >= 4 is 23.4 Å². The third kappa shape index (κ3) is 3.96. The van der Waals surface area contributed by atoms with Crippen LogP contribution < -0.4 is 10.1 Å². The van der Waals surface area contributed by atoms with E-state index in [2.05, 4.69) is 15.3 Å². The summed E-state index contributed by atoms with van der Waals surface area (Å²) in [6, 6.07) is 8.98. The average molecular weight is 289 g/mol. The van der Waals surface area contributed by atoms with Crippen molar-refractivity contribution in [3.63, 3.8) is 0 Å². The predicted molar refractivity (Wildman–Crippen MR) is 79.0 cm³/mol. The molecule has 1 aromatic heterocycles. The van der Waals surface area contributed by atoms with Crippen LogP contribution in [0.2, 0.25) is 0 Å². The molecule has 1 heterocycles. The summed E-state index contributed by atoms with van der Waals surface area (Å²) in [6.45, 7) is 1.82. The number of carbonyl (C=O) groups excluding carboxylic acids is 1. The number of aromatic nitrogens is 2. The maximum Gasteiger partial charge on any atom is 0.237 e. The number of thioether (sulfide) groups is 1. The number of nitrogens with one attached hydrogen (secondary N) is 1. The van der Waals surface area contributed by atoms with Crippen molar-refractivity contribution in [1.29, 1.82) is 0 Å². The molecule has 20 heavy (non-hydrogen) atoms. The molecule has 0 saturated carbocycles. The summed E-state index contributed by atoms with van der Waals surface area (Å²) in [5.41, 5.74) is 0.704. The number of benzene rings is 1. The summed E-state index contributed by atoms with van der Waals surface area (Å²) in [5.74, 6) is 0.602. The molecule has 0 aliphatic rings. The van der Waals surface area contributed by atoms with E-state index < -0.39 is 0 Å². The van der Waals surface area contributed by atoms with Gasteiger partial charge in [-0.3, -0.25) is 4.79 Å². The molecular weight excluding hydrogens is 274 g/mol. The van der Waals surface area contributed by atoms with E-state index >= 15 is 0 Å². The molecule has 0 radical (unpaired) electrons. The number of anilines is 1. The minimum atomic E-state index is -0.288. The summed E-state index contributed by atoms with van der Waals surface area (Å²) in [6.07, 6.45) is 3.31. The van der Waals surface area contributed by atoms with Crippen LogP contribution in [0.1, 0.15) is 6.92 Å². The quantitative estimate of drug-likeness (QED) is 0.677. The average Bonchev–Trinajstić information content (AvgIpc) is 2.48. The Labute approximate surface area is 121 Å². The molecule has 0 unspecified atom stereocenters. The zero-order valence-electron chi connectivity index (χ0n) is 11.2. The maximum atomic E-state index is 12.1. The fraction of sp³-hybridized carbons (Fsp3) is 0.214. The first-order valence-electron chi connectivity index (χ1n) is 6.07. The molecule has 0 saturated heterocycles. The topological polar surface area (TPSA) is 64.1 Å². The Morgan fingerprint density at radius 2 is 2.05 bits per heavy atom. The van der Waals surface area contributed by atoms with E-state index in [4.69, 9.17) is 4.74 Å². The van der Waals surface area contributed by atoms with E-state index in [9.17, 15) is 4.79 Å². The van der Waals surface area contributed by atoms with Gasteiger partial charge < -0.3 is 10.1 Å². The molecule has 1 amide bonds. The van der Waals surface area contributed by atoms with Crippen molar-refractivity contribution in [1.82, 2.24) is 9.97 Å². The van der Waals surface area contributed by atoms with Gasteiger partial charge in [-0.1, -0.05) is 17.8 Å². The van der Waals surface area contributed by atoms with E-state index in [0.717, 1.165) is 0 Å². The van der Waals surface area contributed by atoms with Crippen LogP contribution in [-0.4, -0.2) is 28.2 Å². The smallest absolute Gasteiger partial charge is 0.237 e. The van der Waals surface area contributed by atoms with Crippen molar-refractivity contribution in [3.05, 3.63) is 42.7 Å². The fourth-order valence-electron chi connectivity index (χ4n) is 1.50. The van der Waals surface area contributed by atoms with Gasteiger partial charge in [0.1, 0.15) is 5.75 Å². The van der Waals surface area contributed by atoms with Crippen molar-refractivity contribution < 1.29 is 9.53 Å². The summed E-state index contributed by atoms with van der Waals surface area (Å²) >= 11 is 1.32. The molecule has 0 aliphatic heterocycles. The summed E-state index contributed by atoms with van der Waals surface area (Å²) in [4.78, 5) is 20.3. The molecule has 104 valence electrons. The number of amides is 1. The van der Waals surface area contributed by atoms with Gasteiger partial charge in [0.2, 0.25) is 5.91 Å². The van der Waals surface area contributed by atoms with Gasteiger partial charge in [0, 0.05) is 24.1 Å². The van der Waals surface area contributed by atoms with Crippen molar-refractivity contribution in [2.24, 2.45) is 0 Å². The first kappa shape index (κ1) is 14.3. The van der Waals surface area contributed by atoms with Gasteiger partial charge in [0.25, 0.3) is 0 Å². The fourth-order valence-corrected chi connectivity index (χ4v) is 2.23. The van der Waals surface area contributed by atoms with Crippen molar-refractivity contribution in [2.45, 2.75) is 17.3 Å². The maximum absolute atomic E-state index is 12.1. The van der Waals surface area contributed by atoms with Crippen molar-refractivity contribution in [2.75, 3.05) is 12.4 Å². The molecule has 0 spiro atoms. The highest BCUT2D eigenvalue weighted by Gasteiger charge is 2.16. The summed E-state index contributed by atoms with van der Waals surface area (Å²) in [5, 5.41) is 3.14. The summed E-state index contributed by atoms with van der Waals surface area (Å²) in [7, 11) is 1.59. The third-order valence-corrected chi connectivity index (χ3v) is 3.52. The lowest BCUT2D eigenvalue weighted by Crippen LogP contribution is -2.22. The lowest BCUT2D eigenvalue weighted by Gasteiger charge is -2.11. The summed E-state index contributed by atoms with van der Waals surface area (Å²) < 4.78 is 5.12. The van der Waals surface area contributed by atoms with E-state index in [1.54, 1.807) is 31.6 Å². The number of hydrogen-bond donors (Lipinski definition) is 1. The van der Waals surface area contributed by atoms with Crippen LogP contribution in [0.5, 0.6) is 5.75 Å². The van der Waals surface area contributed by atoms with Crippen LogP contribution in [0.15, 0.2) is 47.9 Å². The second-order valence-corrected chi connectivity index (χ2v) is 5.32. The van der Waals surface area contributed by atoms with Gasteiger partial charge >= 0.3 is 0 Å². The van der Waals surface area contributed by atoms with Gasteiger partial charge in [0.05, 0.1) is 12.4 Å². The molecule has 2 rings (SSSR count). The van der Waals surface area contributed by atoms with Crippen LogP contribution in [0.4, 0.5) is 5.69 Å². The molecule has 5 nitrogen and oxygen atoms in total. The van der Waals surface area contributed by atoms with Gasteiger partial charge in [-0.2, -0.15) is 0 Å². The minimum absolute atomic E-state index is 0.101. The third-order valence-electron chi connectivity index (χ3n) is 2.53. The molecule has 0 aliphatic carbocycles. The molecule has 1 atom stereocenters. The Bertz CT molecular complexity index is 578. The Morgan fingerprint density at radius 3 is 2.75 bits per heavy atom. The number of rotatable bonds is 5. The first-order chi connectivity index (χ1) is 9.69. The predicted octanol–water partition coefficient (Wildman–Crippen LogP) is 2.60. The monoisotopic (exact) mass is 289 g/mol. The standard InChI is InChI=1S/C14H15N3O2S/c1-10(20-14-15-7-4-8-16-14)13(18)17-11-5-3-6-12(9-11)19-2/h3-10H,1-2H3,(H,17,18)/t10-/m1/s1. The Kier molecular flexibility index (Phi) is 4.95. The Hall–Kier alpha value is -2.08. The molecule has 2 aromatic rings. The van der Waals surface area contributed by atoms with Gasteiger partial charge in [0.15, 0.2) is 5.16 Å². The van der Waals surface area contributed by atoms with Gasteiger partial charge in [-0.05, 0) is 25.1 Å². The van der Waals surface area contributed by atoms with Crippen LogP contribution in [0, 0.1) is 0 Å². The zero-order valence-corrected chi connectivity index (χ0v) is 12.1. The molecular formula is C14H15N3O2S. The van der Waals surface area contributed by atoms with E-state index in [0.29, 0.717) is 16.6 Å². The Balaban J connectivity index is 1.97. The molecule has 0 bridgehead atoms. The molecule has 6 heteroatoms. The normalized spacial score (nSPS) is 11.7. The number of carbonyl (C=O) groups is 1. The van der Waals surface area contributed by atoms with E-state index in [1.807, 2.05) is 25.1 Å². The van der Waals surface area contributed by atoms with Gasteiger partial charge in [-0.25, -0.2) is 9.97 Å². The largest absolute Gasteiger partial charge is 0.497 e. The highest BCUT2D eigenvalue weighted by atomic mass is 32.2. The van der Waals surface area contributed by atoms with Crippen LogP contribution in [0.3, 0.4) is 0 Å². The second-order valence-electron chi connectivity index (χ2n) is 4.01. The highest BCUT2D eigenvalue weighted by Crippen LogP contribution is 2.21. The molecule has 0 fully saturated rings. The first-order valence-corrected chi connectivity index (χ1v) is 6.95. The van der Waals surface area contributed by atoms with Crippen LogP contribution >= 0.6 is 11.8 Å². The lowest BCUT2D eigenvalue weighted by atomic mass is 10.3. The van der Waals surface area contributed by atoms with E-state index in [-0.39, 0.29) is 11.2 Å². The zero-order chi connectivity index (χ0) is 14.4. The number of hydrogen-bond acceptors (Lipinski definition) is 5. The number of nitrogens with zero attached hydrogens (tertiary/aromatic N) is 2. The van der Waals surface area contributed by atoms with Gasteiger partial charge in [-0.15, -0.1) is 0 Å². The van der Waals surface area contributed by atoms with E-state index in [1.165, 1.54) is 11.8 Å². The Morgan fingerprint density at radius 1 is 1.30 bits per heavy atom. The molecule has 1 N–H and O–H groups in total. The minimum Gasteiger partial charge on any atom is -0.497 e. The van der Waals surface area contributed by atoms with Crippen LogP contribution in [-0.2, 0) is 4.79 Å². The number of ether oxygens (including phenoxy) is 1. The highest BCUT2D eigenvalue weighted by molar-refractivity contribution is 8.00. The SMILES string of the molecule is COc1cccc(NC(=O)[C@@H](C)Sc2ncccn2)c1. The lowest BCUT2D eigenvalue weighted by molar-refractivity contribution is -0.115. The second kappa shape index (κ2) is 6.91. The van der Waals surface area contributed by atoms with Crippen molar-refractivity contribution in [3.8, 4) is 5.75 Å². The van der Waals surface area contributed by atoms with Crippen LogP contribution in [0.25, 0.3) is 0 Å². The molecule has 1 aromatic carbocycles. The number of methoxy groups -OCH3 is 1.